The van der Waals surface area contributed by atoms with Crippen LogP contribution in [0.2, 0.25) is 0 Å². The Hall–Kier alpha value is -2.05. The Bertz CT molecular complexity index is 516. The number of hydrogen-bond acceptors (Lipinski definition) is 4. The molecule has 1 aliphatic rings. The third kappa shape index (κ3) is 3.04. The lowest BCUT2D eigenvalue weighted by Crippen LogP contribution is -2.39. The maximum atomic E-state index is 11.6. The number of nitrogens with zero attached hydrogens (tertiary/aromatic N) is 1. The van der Waals surface area contributed by atoms with Crippen LogP contribution in [0, 0.1) is 0 Å². The summed E-state index contributed by atoms with van der Waals surface area (Å²) in [6.45, 7) is 5.36. The third-order valence-corrected chi connectivity index (χ3v) is 2.78. The molecule has 0 bridgehead atoms. The molecule has 1 unspecified atom stereocenters. The summed E-state index contributed by atoms with van der Waals surface area (Å²) in [5.41, 5.74) is 0.903. The Morgan fingerprint density at radius 1 is 1.42 bits per heavy atom. The van der Waals surface area contributed by atoms with Crippen molar-refractivity contribution in [3.05, 3.63) is 17.0 Å². The van der Waals surface area contributed by atoms with Gasteiger partial charge >= 0.3 is 12.1 Å². The fourth-order valence-corrected chi connectivity index (χ4v) is 2.11. The number of hydrogen-bond donors (Lipinski definition) is 3. The van der Waals surface area contributed by atoms with Crippen LogP contribution in [0.4, 0.5) is 4.79 Å². The van der Waals surface area contributed by atoms with Gasteiger partial charge in [0.05, 0.1) is 0 Å². The molecule has 0 spiro atoms. The van der Waals surface area contributed by atoms with E-state index in [1.54, 1.807) is 20.8 Å². The summed E-state index contributed by atoms with van der Waals surface area (Å²) in [5, 5.41) is 18.1. The maximum Gasteiger partial charge on any atom is 0.407 e. The topological polar surface area (TPSA) is 104 Å². The van der Waals surface area contributed by atoms with E-state index in [1.807, 2.05) is 0 Å². The summed E-state index contributed by atoms with van der Waals surface area (Å²) in [5.74, 6) is -1.06. The predicted molar refractivity (Wildman–Crippen MR) is 66.1 cm³/mol. The molecule has 104 valence electrons. The van der Waals surface area contributed by atoms with Gasteiger partial charge in [0.1, 0.15) is 5.60 Å². The molecule has 0 saturated heterocycles. The minimum atomic E-state index is -1.06. The van der Waals surface area contributed by atoms with E-state index in [2.05, 4.69) is 15.5 Å². The Morgan fingerprint density at radius 3 is 2.68 bits per heavy atom. The van der Waals surface area contributed by atoms with Crippen LogP contribution in [0.5, 0.6) is 0 Å². The molecule has 7 nitrogen and oxygen atoms in total. The number of carbonyl (C=O) groups excluding carboxylic acids is 1. The highest BCUT2D eigenvalue weighted by Crippen LogP contribution is 2.23. The first-order chi connectivity index (χ1) is 8.76. The fourth-order valence-electron chi connectivity index (χ4n) is 2.11. The highest BCUT2D eigenvalue weighted by Gasteiger charge is 2.31. The number of carboxylic acid groups (broad SMARTS) is 1. The van der Waals surface area contributed by atoms with E-state index in [0.717, 1.165) is 5.69 Å². The molecular weight excluding hydrogens is 250 g/mol. The van der Waals surface area contributed by atoms with Crippen molar-refractivity contribution in [3.63, 3.8) is 0 Å². The first kappa shape index (κ1) is 13.4. The molecule has 1 aliphatic carbocycles. The van der Waals surface area contributed by atoms with Crippen LogP contribution in [0.3, 0.4) is 0 Å². The van der Waals surface area contributed by atoms with Gasteiger partial charge in [-0.05, 0) is 27.2 Å². The van der Waals surface area contributed by atoms with Gasteiger partial charge in [-0.25, -0.2) is 9.59 Å². The summed E-state index contributed by atoms with van der Waals surface area (Å²) < 4.78 is 5.16. The molecule has 3 N–H and O–H groups in total. The zero-order chi connectivity index (χ0) is 14.2. The summed E-state index contributed by atoms with van der Waals surface area (Å²) in [7, 11) is 0. The number of ether oxygens (including phenoxy) is 1. The van der Waals surface area contributed by atoms with E-state index >= 15 is 0 Å². The Morgan fingerprint density at radius 2 is 2.11 bits per heavy atom. The molecule has 19 heavy (non-hydrogen) atoms. The van der Waals surface area contributed by atoms with E-state index in [0.29, 0.717) is 18.4 Å². The highest BCUT2D eigenvalue weighted by atomic mass is 16.6. The van der Waals surface area contributed by atoms with Crippen molar-refractivity contribution in [2.24, 2.45) is 0 Å². The van der Waals surface area contributed by atoms with Crippen molar-refractivity contribution >= 4 is 12.1 Å². The van der Waals surface area contributed by atoms with Crippen LogP contribution in [0.1, 0.15) is 42.5 Å². The highest BCUT2D eigenvalue weighted by molar-refractivity contribution is 5.87. The van der Waals surface area contributed by atoms with Gasteiger partial charge in [-0.15, -0.1) is 0 Å². The van der Waals surface area contributed by atoms with E-state index in [9.17, 15) is 9.59 Å². The number of aromatic nitrogens is 2. The molecule has 0 radical (unpaired) electrons. The van der Waals surface area contributed by atoms with Crippen LogP contribution in [0.25, 0.3) is 0 Å². The minimum Gasteiger partial charge on any atom is -0.476 e. The van der Waals surface area contributed by atoms with Crippen molar-refractivity contribution in [2.45, 2.75) is 45.3 Å². The van der Waals surface area contributed by atoms with Crippen molar-refractivity contribution < 1.29 is 19.4 Å². The average molecular weight is 267 g/mol. The molecule has 0 saturated carbocycles. The van der Waals surface area contributed by atoms with Gasteiger partial charge in [0.2, 0.25) is 0 Å². The second kappa shape index (κ2) is 4.56. The number of H-pyrrole nitrogens is 1. The smallest absolute Gasteiger partial charge is 0.407 e. The number of fused-ring (bicyclic) bond motifs is 1. The van der Waals surface area contributed by atoms with Gasteiger partial charge in [0.25, 0.3) is 0 Å². The lowest BCUT2D eigenvalue weighted by atomic mass is 10.2. The number of alkyl carbamates (subject to hydrolysis) is 1. The number of amides is 1. The number of nitrogens with one attached hydrogen (secondary N) is 2. The molecule has 1 aromatic heterocycles. The average Bonchev–Trinajstić information content (AvgIpc) is 2.71. The molecule has 1 heterocycles. The van der Waals surface area contributed by atoms with Crippen molar-refractivity contribution in [2.75, 3.05) is 0 Å². The number of aromatic amines is 1. The molecule has 0 aromatic carbocycles. The monoisotopic (exact) mass is 267 g/mol. The number of carbonyl (C=O) groups is 2. The molecule has 2 rings (SSSR count). The van der Waals surface area contributed by atoms with E-state index in [1.165, 1.54) is 0 Å². The standard InChI is InChI=1S/C12H17N3O4/c1-12(2,3)19-11(18)13-6-4-7-8(5-6)14-15-9(7)10(16)17/h6H,4-5H2,1-3H3,(H,13,18)(H,14,15)(H,16,17). The Labute approximate surface area is 110 Å². The van der Waals surface area contributed by atoms with Crippen LogP contribution in [0.15, 0.2) is 0 Å². The molecule has 1 amide bonds. The Balaban J connectivity index is 1.97. The molecule has 1 atom stereocenters. The maximum absolute atomic E-state index is 11.6. The lowest BCUT2D eigenvalue weighted by Gasteiger charge is -2.21. The molecule has 0 fully saturated rings. The van der Waals surface area contributed by atoms with E-state index in [4.69, 9.17) is 9.84 Å². The van der Waals surface area contributed by atoms with Gasteiger partial charge in [-0.2, -0.15) is 5.10 Å². The van der Waals surface area contributed by atoms with Gasteiger partial charge in [0.15, 0.2) is 5.69 Å². The summed E-state index contributed by atoms with van der Waals surface area (Å²) in [4.78, 5) is 22.6. The number of aromatic carboxylic acids is 1. The van der Waals surface area contributed by atoms with Crippen LogP contribution in [-0.4, -0.2) is 39.0 Å². The SMILES string of the molecule is CC(C)(C)OC(=O)NC1Cc2[nH]nc(C(=O)O)c2C1. The normalized spacial score (nSPS) is 17.9. The zero-order valence-electron chi connectivity index (χ0n) is 11.1. The largest absolute Gasteiger partial charge is 0.476 e. The lowest BCUT2D eigenvalue weighted by molar-refractivity contribution is 0.0506. The quantitative estimate of drug-likeness (QED) is 0.744. The van der Waals surface area contributed by atoms with Crippen molar-refractivity contribution in [1.29, 1.82) is 0 Å². The fraction of sp³-hybridized carbons (Fsp3) is 0.583. The molecule has 1 aromatic rings. The second-order valence-corrected chi connectivity index (χ2v) is 5.59. The van der Waals surface area contributed by atoms with Crippen molar-refractivity contribution in [3.8, 4) is 0 Å². The summed E-state index contributed by atoms with van der Waals surface area (Å²) in [6, 6.07) is -0.155. The second-order valence-electron chi connectivity index (χ2n) is 5.59. The first-order valence-electron chi connectivity index (χ1n) is 6.05. The van der Waals surface area contributed by atoms with Gasteiger partial charge in [-0.3, -0.25) is 5.10 Å². The third-order valence-electron chi connectivity index (χ3n) is 2.78. The predicted octanol–water partition coefficient (Wildman–Crippen LogP) is 1.10. The van der Waals surface area contributed by atoms with E-state index in [-0.39, 0.29) is 11.7 Å². The molecule has 0 aliphatic heterocycles. The van der Waals surface area contributed by atoms with Crippen molar-refractivity contribution in [1.82, 2.24) is 15.5 Å². The summed E-state index contributed by atoms with van der Waals surface area (Å²) >= 11 is 0. The van der Waals surface area contributed by atoms with Crippen LogP contribution >= 0.6 is 0 Å². The number of rotatable bonds is 2. The Kier molecular flexibility index (Phi) is 3.21. The number of carboxylic acids is 1. The van der Waals surface area contributed by atoms with E-state index < -0.39 is 17.7 Å². The summed E-state index contributed by atoms with van der Waals surface area (Å²) in [6.07, 6.45) is 0.495. The first-order valence-corrected chi connectivity index (χ1v) is 6.05. The van der Waals surface area contributed by atoms with Gasteiger partial charge in [0, 0.05) is 23.7 Å². The van der Waals surface area contributed by atoms with Crippen LogP contribution in [-0.2, 0) is 17.6 Å². The molecular formula is C12H17N3O4. The minimum absolute atomic E-state index is 0.0310. The van der Waals surface area contributed by atoms with Crippen LogP contribution < -0.4 is 5.32 Å². The van der Waals surface area contributed by atoms with Gasteiger partial charge in [-0.1, -0.05) is 0 Å². The zero-order valence-corrected chi connectivity index (χ0v) is 11.1. The molecule has 7 heteroatoms. The van der Waals surface area contributed by atoms with Gasteiger partial charge < -0.3 is 15.2 Å².